The first kappa shape index (κ1) is 14.6. The van der Waals surface area contributed by atoms with Gasteiger partial charge in [0.05, 0.1) is 0 Å². The zero-order chi connectivity index (χ0) is 15.7. The molecule has 2 aromatic carbocycles. The molecule has 0 unspecified atom stereocenters. The van der Waals surface area contributed by atoms with Crippen LogP contribution in [-0.2, 0) is 13.2 Å². The van der Waals surface area contributed by atoms with E-state index in [4.69, 9.17) is 9.47 Å². The van der Waals surface area contributed by atoms with E-state index in [0.29, 0.717) is 13.2 Å². The summed E-state index contributed by atoms with van der Waals surface area (Å²) in [7, 11) is 8.12. The Morgan fingerprint density at radius 2 is 1.27 bits per heavy atom. The van der Waals surface area contributed by atoms with Gasteiger partial charge in [0.2, 0.25) is 0 Å². The van der Waals surface area contributed by atoms with Gasteiger partial charge in [-0.1, -0.05) is 0 Å². The van der Waals surface area contributed by atoms with Crippen LogP contribution in [0.3, 0.4) is 0 Å². The minimum atomic E-state index is 0.515. The van der Waals surface area contributed by atoms with E-state index in [1.54, 1.807) is 0 Å². The maximum Gasteiger partial charge on any atom is 0.128 e. The number of anilines is 2. The normalized spacial score (nSPS) is 12.9. The fourth-order valence-electron chi connectivity index (χ4n) is 2.48. The first-order valence-corrected chi connectivity index (χ1v) is 7.40. The minimum absolute atomic E-state index is 0.515. The van der Waals surface area contributed by atoms with Crippen molar-refractivity contribution in [2.24, 2.45) is 0 Å². The molecule has 116 valence electrons. The number of hydrogen-bond donors (Lipinski definition) is 0. The van der Waals surface area contributed by atoms with Gasteiger partial charge in [-0.05, 0) is 30.3 Å². The van der Waals surface area contributed by atoms with Crippen molar-refractivity contribution in [2.75, 3.05) is 38.0 Å². The van der Waals surface area contributed by atoms with Gasteiger partial charge in [0.25, 0.3) is 0 Å². The molecule has 3 rings (SSSR count). The van der Waals surface area contributed by atoms with Crippen LogP contribution in [0.5, 0.6) is 11.5 Å². The van der Waals surface area contributed by atoms with Crippen molar-refractivity contribution < 1.29 is 9.47 Å². The van der Waals surface area contributed by atoms with E-state index in [0.717, 1.165) is 34.0 Å². The summed E-state index contributed by atoms with van der Waals surface area (Å²) in [5.74, 6) is 1.79. The Morgan fingerprint density at radius 1 is 0.682 bits per heavy atom. The second-order valence-corrected chi connectivity index (χ2v) is 5.95. The van der Waals surface area contributed by atoms with Crippen molar-refractivity contribution in [1.29, 1.82) is 0 Å². The predicted octanol–water partition coefficient (Wildman–Crippen LogP) is 3.29. The summed E-state index contributed by atoms with van der Waals surface area (Å²) in [4.78, 5) is 4.15. The average molecular weight is 298 g/mol. The maximum absolute atomic E-state index is 6.06. The molecule has 0 saturated heterocycles. The van der Waals surface area contributed by atoms with Gasteiger partial charge in [0.15, 0.2) is 0 Å². The Bertz CT molecular complexity index is 621. The summed E-state index contributed by atoms with van der Waals surface area (Å²) in [5.41, 5.74) is 4.43. The second-order valence-electron chi connectivity index (χ2n) is 5.95. The Kier molecular flexibility index (Phi) is 3.84. The van der Waals surface area contributed by atoms with Crippen molar-refractivity contribution in [3.05, 3.63) is 47.5 Å². The Morgan fingerprint density at radius 3 is 2.00 bits per heavy atom. The number of hydrogen-bond acceptors (Lipinski definition) is 4. The molecular formula is C18H22N2O2. The van der Waals surface area contributed by atoms with Gasteiger partial charge in [-0.2, -0.15) is 0 Å². The summed E-state index contributed by atoms with van der Waals surface area (Å²) in [5, 5.41) is 0. The lowest BCUT2D eigenvalue weighted by atomic mass is 10.1. The third-order valence-corrected chi connectivity index (χ3v) is 3.89. The molecule has 22 heavy (non-hydrogen) atoms. The number of benzene rings is 2. The van der Waals surface area contributed by atoms with Crippen LogP contribution in [0.2, 0.25) is 0 Å². The van der Waals surface area contributed by atoms with Crippen molar-refractivity contribution in [2.45, 2.75) is 13.2 Å². The van der Waals surface area contributed by atoms with Crippen molar-refractivity contribution in [3.8, 4) is 11.5 Å². The number of nitrogens with zero attached hydrogens (tertiary/aromatic N) is 2. The first-order valence-electron chi connectivity index (χ1n) is 7.40. The lowest BCUT2D eigenvalue weighted by Gasteiger charge is -2.22. The zero-order valence-electron chi connectivity index (χ0n) is 13.6. The van der Waals surface area contributed by atoms with Crippen molar-refractivity contribution in [1.82, 2.24) is 0 Å². The fourth-order valence-corrected chi connectivity index (χ4v) is 2.48. The van der Waals surface area contributed by atoms with Crippen LogP contribution in [0.25, 0.3) is 0 Å². The monoisotopic (exact) mass is 298 g/mol. The SMILES string of the molecule is CN(C)c1ccc2c(c1)COc1cc(N(C)C)ccc1CO2. The largest absolute Gasteiger partial charge is 0.488 e. The Labute approximate surface area is 131 Å². The van der Waals surface area contributed by atoms with Gasteiger partial charge >= 0.3 is 0 Å². The maximum atomic E-state index is 6.06. The van der Waals surface area contributed by atoms with Gasteiger partial charge in [-0.25, -0.2) is 0 Å². The second kappa shape index (κ2) is 5.79. The summed E-state index contributed by atoms with van der Waals surface area (Å²) in [6.07, 6.45) is 0. The molecule has 0 aromatic heterocycles. The van der Waals surface area contributed by atoms with Crippen LogP contribution in [0.15, 0.2) is 36.4 Å². The molecule has 4 heteroatoms. The van der Waals surface area contributed by atoms with Gasteiger partial charge in [0.1, 0.15) is 24.7 Å². The lowest BCUT2D eigenvalue weighted by Crippen LogP contribution is -2.13. The van der Waals surface area contributed by atoms with Crippen LogP contribution in [0.4, 0.5) is 11.4 Å². The van der Waals surface area contributed by atoms with Crippen LogP contribution >= 0.6 is 0 Å². The fraction of sp³-hybridized carbons (Fsp3) is 0.333. The standard InChI is InChI=1S/C18H22N2O2/c1-19(2)15-7-8-17-14(9-15)12-22-18-10-16(20(3)4)6-5-13(18)11-21-17/h5-10H,11-12H2,1-4H3. The van der Waals surface area contributed by atoms with E-state index in [1.165, 1.54) is 0 Å². The molecule has 0 atom stereocenters. The van der Waals surface area contributed by atoms with Gasteiger partial charge in [0, 0.05) is 56.8 Å². The molecule has 2 aromatic rings. The minimum Gasteiger partial charge on any atom is -0.488 e. The lowest BCUT2D eigenvalue weighted by molar-refractivity contribution is 0.243. The molecule has 0 N–H and O–H groups in total. The number of rotatable bonds is 2. The van der Waals surface area contributed by atoms with E-state index >= 15 is 0 Å². The summed E-state index contributed by atoms with van der Waals surface area (Å²) in [6, 6.07) is 12.4. The molecule has 0 amide bonds. The van der Waals surface area contributed by atoms with Crippen LogP contribution in [0, 0.1) is 0 Å². The summed E-state index contributed by atoms with van der Waals surface area (Å²) >= 11 is 0. The predicted molar refractivity (Wildman–Crippen MR) is 90.2 cm³/mol. The molecule has 1 heterocycles. The van der Waals surface area contributed by atoms with Gasteiger partial charge < -0.3 is 19.3 Å². The van der Waals surface area contributed by atoms with Crippen LogP contribution in [-0.4, -0.2) is 28.2 Å². The van der Waals surface area contributed by atoms with Crippen molar-refractivity contribution in [3.63, 3.8) is 0 Å². The van der Waals surface area contributed by atoms with Crippen molar-refractivity contribution >= 4 is 11.4 Å². The quantitative estimate of drug-likeness (QED) is 0.849. The van der Waals surface area contributed by atoms with E-state index in [2.05, 4.69) is 40.1 Å². The third-order valence-electron chi connectivity index (χ3n) is 3.89. The Hall–Kier alpha value is -2.36. The van der Waals surface area contributed by atoms with E-state index in [9.17, 15) is 0 Å². The molecule has 1 aliphatic rings. The molecule has 0 bridgehead atoms. The molecule has 0 radical (unpaired) electrons. The summed E-state index contributed by atoms with van der Waals surface area (Å²) in [6.45, 7) is 1.04. The van der Waals surface area contributed by atoms with Crippen LogP contribution < -0.4 is 19.3 Å². The molecule has 0 aliphatic carbocycles. The van der Waals surface area contributed by atoms with Crippen LogP contribution in [0.1, 0.15) is 11.1 Å². The average Bonchev–Trinajstić information content (AvgIpc) is 2.48. The topological polar surface area (TPSA) is 24.9 Å². The highest BCUT2D eigenvalue weighted by molar-refractivity contribution is 5.55. The first-order chi connectivity index (χ1) is 10.5. The van der Waals surface area contributed by atoms with E-state index in [-0.39, 0.29) is 0 Å². The van der Waals surface area contributed by atoms with E-state index in [1.807, 2.05) is 34.3 Å². The number of fused-ring (bicyclic) bond motifs is 2. The van der Waals surface area contributed by atoms with Gasteiger partial charge in [-0.3, -0.25) is 0 Å². The van der Waals surface area contributed by atoms with Gasteiger partial charge in [-0.15, -0.1) is 0 Å². The molecule has 0 fully saturated rings. The highest BCUT2D eigenvalue weighted by atomic mass is 16.5. The summed E-state index contributed by atoms with van der Waals surface area (Å²) < 4.78 is 12.0. The molecule has 0 saturated carbocycles. The zero-order valence-corrected chi connectivity index (χ0v) is 13.6. The third kappa shape index (κ3) is 2.82. The smallest absolute Gasteiger partial charge is 0.128 e. The molecule has 1 aliphatic heterocycles. The van der Waals surface area contributed by atoms with E-state index < -0.39 is 0 Å². The molecule has 4 nitrogen and oxygen atoms in total. The molecule has 0 spiro atoms. The number of ether oxygens (including phenoxy) is 2. The highest BCUT2D eigenvalue weighted by Gasteiger charge is 2.15. The highest BCUT2D eigenvalue weighted by Crippen LogP contribution is 2.32. The molecular weight excluding hydrogens is 276 g/mol. The Balaban J connectivity index is 1.91.